The van der Waals surface area contributed by atoms with Gasteiger partial charge in [0.15, 0.2) is 0 Å². The van der Waals surface area contributed by atoms with Crippen LogP contribution in [0.5, 0.6) is 5.75 Å². The van der Waals surface area contributed by atoms with Gasteiger partial charge in [-0.2, -0.15) is 0 Å². The summed E-state index contributed by atoms with van der Waals surface area (Å²) in [7, 11) is 0. The second-order valence-corrected chi connectivity index (χ2v) is 11.1. The lowest BCUT2D eigenvalue weighted by Crippen LogP contribution is -2.44. The van der Waals surface area contributed by atoms with Gasteiger partial charge >= 0.3 is 5.97 Å². The van der Waals surface area contributed by atoms with Crippen LogP contribution < -0.4 is 15.4 Å². The van der Waals surface area contributed by atoms with Gasteiger partial charge in [0.05, 0.1) is 11.1 Å². The highest BCUT2D eigenvalue weighted by molar-refractivity contribution is 7.16. The van der Waals surface area contributed by atoms with E-state index in [0.29, 0.717) is 61.1 Å². The van der Waals surface area contributed by atoms with Crippen molar-refractivity contribution >= 4 is 28.2 Å². The highest BCUT2D eigenvalue weighted by Gasteiger charge is 2.35. The van der Waals surface area contributed by atoms with E-state index in [0.717, 1.165) is 40.8 Å². The number of anilines is 1. The van der Waals surface area contributed by atoms with Crippen LogP contribution in [0, 0.1) is 0 Å². The largest absolute Gasteiger partial charge is 0.488 e. The predicted molar refractivity (Wildman–Crippen MR) is 145 cm³/mol. The minimum atomic E-state index is -0.925. The zero-order valence-corrected chi connectivity index (χ0v) is 21.9. The molecule has 198 valence electrons. The fourth-order valence-corrected chi connectivity index (χ4v) is 6.75. The maximum Gasteiger partial charge on any atom is 0.338 e. The van der Waals surface area contributed by atoms with Crippen molar-refractivity contribution in [2.45, 2.75) is 57.6 Å². The molecule has 0 bridgehead atoms. The smallest absolute Gasteiger partial charge is 0.338 e. The van der Waals surface area contributed by atoms with Gasteiger partial charge in [0.2, 0.25) is 0 Å². The number of carbonyl (C=O) groups is 2. The van der Waals surface area contributed by atoms with Gasteiger partial charge in [-0.05, 0) is 48.4 Å². The molecule has 1 saturated heterocycles. The molecule has 38 heavy (non-hydrogen) atoms. The number of benzene rings is 2. The number of thiophene rings is 1. The predicted octanol–water partition coefficient (Wildman–Crippen LogP) is 4.63. The summed E-state index contributed by atoms with van der Waals surface area (Å²) in [4.78, 5) is 28.6. The normalized spacial score (nSPS) is 20.6. The summed E-state index contributed by atoms with van der Waals surface area (Å²) in [6.45, 7) is 2.69. The number of fused-ring (bicyclic) bond motifs is 2. The van der Waals surface area contributed by atoms with E-state index in [9.17, 15) is 14.7 Å². The van der Waals surface area contributed by atoms with E-state index in [4.69, 9.17) is 9.47 Å². The zero-order chi connectivity index (χ0) is 26.1. The molecule has 3 aliphatic heterocycles. The van der Waals surface area contributed by atoms with Gasteiger partial charge in [-0.1, -0.05) is 42.5 Å². The lowest BCUT2D eigenvalue weighted by Gasteiger charge is -2.28. The molecule has 9 heteroatoms. The molecule has 1 aromatic heterocycles. The zero-order valence-electron chi connectivity index (χ0n) is 21.1. The summed E-state index contributed by atoms with van der Waals surface area (Å²) in [5, 5.41) is 17.6. The van der Waals surface area contributed by atoms with Crippen LogP contribution in [-0.2, 0) is 30.9 Å². The highest BCUT2D eigenvalue weighted by atomic mass is 32.1. The number of carboxylic acids is 1. The third kappa shape index (κ3) is 5.01. The molecule has 3 N–H and O–H groups in total. The average molecular weight is 534 g/mol. The van der Waals surface area contributed by atoms with Crippen molar-refractivity contribution in [3.63, 3.8) is 0 Å². The lowest BCUT2D eigenvalue weighted by molar-refractivity contribution is 0.0344. The van der Waals surface area contributed by atoms with Crippen LogP contribution in [0.15, 0.2) is 48.5 Å². The summed E-state index contributed by atoms with van der Waals surface area (Å²) >= 11 is 1.49. The first-order chi connectivity index (χ1) is 18.6. The van der Waals surface area contributed by atoms with Crippen molar-refractivity contribution in [3.05, 3.63) is 81.2 Å². The Morgan fingerprint density at radius 3 is 2.84 bits per heavy atom. The second-order valence-electron chi connectivity index (χ2n) is 10.0. The molecule has 1 amide bonds. The molecule has 2 aromatic carbocycles. The Morgan fingerprint density at radius 2 is 2.05 bits per heavy atom. The van der Waals surface area contributed by atoms with Gasteiger partial charge < -0.3 is 30.1 Å². The van der Waals surface area contributed by atoms with Gasteiger partial charge in [-0.15, -0.1) is 11.3 Å². The Bertz CT molecular complexity index is 1340. The number of carboxylic acid groups (broad SMARTS) is 1. The number of hydrogen-bond acceptors (Lipinski definition) is 7. The summed E-state index contributed by atoms with van der Waals surface area (Å²) in [5.74, 6) is -0.368. The first-order valence-corrected chi connectivity index (χ1v) is 14.0. The topological polar surface area (TPSA) is 100 Å². The first kappa shape index (κ1) is 24.9. The van der Waals surface area contributed by atoms with Crippen LogP contribution in [0.1, 0.15) is 61.5 Å². The monoisotopic (exact) mass is 533 g/mol. The number of nitrogens with zero attached hydrogens (tertiary/aromatic N) is 1. The van der Waals surface area contributed by atoms with E-state index in [1.807, 2.05) is 53.4 Å². The summed E-state index contributed by atoms with van der Waals surface area (Å²) in [6, 6.07) is 15.6. The Labute approximate surface area is 225 Å². The fourth-order valence-electron chi connectivity index (χ4n) is 5.54. The van der Waals surface area contributed by atoms with Crippen LogP contribution >= 0.6 is 11.3 Å². The Balaban J connectivity index is 1.15. The minimum absolute atomic E-state index is 0.0408. The van der Waals surface area contributed by atoms with Gasteiger partial charge in [-0.25, -0.2) is 4.79 Å². The van der Waals surface area contributed by atoms with Crippen molar-refractivity contribution < 1.29 is 24.2 Å². The van der Waals surface area contributed by atoms with Crippen LogP contribution in [0.3, 0.4) is 0 Å². The van der Waals surface area contributed by atoms with Crippen molar-refractivity contribution in [2.75, 3.05) is 18.5 Å². The minimum Gasteiger partial charge on any atom is -0.488 e. The van der Waals surface area contributed by atoms with E-state index in [-0.39, 0.29) is 18.2 Å². The summed E-state index contributed by atoms with van der Waals surface area (Å²) in [6.07, 6.45) is 3.38. The molecule has 2 atom stereocenters. The average Bonchev–Trinajstić information content (AvgIpc) is 3.45. The third-order valence-corrected chi connectivity index (χ3v) is 8.59. The SMILES string of the molecule is O=C(O)c1c(NC2CCCCO2)sc2c1CC(CN1Cc3cccc(OCc4ccccc4)c3C1=O)NC2. The number of nitrogens with one attached hydrogen (secondary N) is 2. The number of amides is 1. The molecule has 3 aliphatic rings. The third-order valence-electron chi connectivity index (χ3n) is 7.43. The van der Waals surface area contributed by atoms with E-state index in [2.05, 4.69) is 10.6 Å². The van der Waals surface area contributed by atoms with Crippen molar-refractivity contribution in [1.29, 1.82) is 0 Å². The van der Waals surface area contributed by atoms with Crippen molar-refractivity contribution in [2.24, 2.45) is 0 Å². The second kappa shape index (κ2) is 10.8. The summed E-state index contributed by atoms with van der Waals surface area (Å²) < 4.78 is 11.8. The number of rotatable bonds is 8. The summed E-state index contributed by atoms with van der Waals surface area (Å²) in [5.41, 5.74) is 3.83. The molecule has 0 spiro atoms. The van der Waals surface area contributed by atoms with Crippen molar-refractivity contribution in [3.8, 4) is 5.75 Å². The standard InChI is InChI=1S/C29H31N3O5S/c33-28-25-19(9-6-10-22(25)37-17-18-7-2-1-3-8-18)15-32(28)16-20-13-21-23(14-30-20)38-27(26(21)29(34)35)31-24-11-4-5-12-36-24/h1-3,6-10,20,24,30-31H,4-5,11-17H2,(H,34,35). The van der Waals surface area contributed by atoms with Crippen LogP contribution in [0.4, 0.5) is 5.00 Å². The van der Waals surface area contributed by atoms with E-state index >= 15 is 0 Å². The molecule has 0 saturated carbocycles. The van der Waals surface area contributed by atoms with Crippen LogP contribution in [0.25, 0.3) is 0 Å². The molecule has 2 unspecified atom stereocenters. The molecular formula is C29H31N3O5S. The fraction of sp³-hybridized carbons (Fsp3) is 0.379. The van der Waals surface area contributed by atoms with Gasteiger partial charge in [0.1, 0.15) is 23.6 Å². The van der Waals surface area contributed by atoms with Gasteiger partial charge in [0.25, 0.3) is 5.91 Å². The van der Waals surface area contributed by atoms with Crippen LogP contribution in [-0.4, -0.2) is 47.3 Å². The highest BCUT2D eigenvalue weighted by Crippen LogP contribution is 2.38. The quantitative estimate of drug-likeness (QED) is 0.388. The molecule has 4 heterocycles. The van der Waals surface area contributed by atoms with Crippen LogP contribution in [0.2, 0.25) is 0 Å². The van der Waals surface area contributed by atoms with Crippen molar-refractivity contribution in [1.82, 2.24) is 10.2 Å². The lowest BCUT2D eigenvalue weighted by atomic mass is 9.97. The number of hydrogen-bond donors (Lipinski definition) is 3. The van der Waals surface area contributed by atoms with Gasteiger partial charge in [0, 0.05) is 37.2 Å². The van der Waals surface area contributed by atoms with E-state index in [1.165, 1.54) is 11.3 Å². The Hall–Kier alpha value is -3.40. The molecule has 3 aromatic rings. The Kier molecular flexibility index (Phi) is 7.06. The number of ether oxygens (including phenoxy) is 2. The molecular weight excluding hydrogens is 502 g/mol. The maximum atomic E-state index is 13.5. The number of carbonyl (C=O) groups excluding carboxylic acids is 1. The van der Waals surface area contributed by atoms with E-state index < -0.39 is 5.97 Å². The molecule has 0 radical (unpaired) electrons. The molecule has 8 nitrogen and oxygen atoms in total. The molecule has 0 aliphatic carbocycles. The number of aromatic carboxylic acids is 1. The molecule has 1 fully saturated rings. The van der Waals surface area contributed by atoms with E-state index in [1.54, 1.807) is 0 Å². The molecule has 6 rings (SSSR count). The van der Waals surface area contributed by atoms with Gasteiger partial charge in [-0.3, -0.25) is 4.79 Å². The first-order valence-electron chi connectivity index (χ1n) is 13.1. The maximum absolute atomic E-state index is 13.5. The Morgan fingerprint density at radius 1 is 1.18 bits per heavy atom.